The van der Waals surface area contributed by atoms with Gasteiger partial charge in [0, 0.05) is 19.3 Å². The summed E-state index contributed by atoms with van der Waals surface area (Å²) in [4.78, 5) is 12.8. The second kappa shape index (κ2) is 6.93. The Labute approximate surface area is 125 Å². The smallest absolute Gasteiger partial charge is 0.307 e. The second-order valence-electron chi connectivity index (χ2n) is 5.26. The Morgan fingerprint density at radius 3 is 2.00 bits per heavy atom. The molecule has 21 heavy (non-hydrogen) atoms. The average molecular weight is 283 g/mol. The Hall–Kier alpha value is -2.29. The minimum Gasteiger partial charge on any atom is -0.481 e. The maximum Gasteiger partial charge on any atom is 0.307 e. The van der Waals surface area contributed by atoms with Crippen LogP contribution < -0.4 is 4.90 Å². The summed E-state index contributed by atoms with van der Waals surface area (Å²) in [6.07, 6.45) is 1.13. The molecule has 0 heterocycles. The summed E-state index contributed by atoms with van der Waals surface area (Å²) in [7, 11) is 2.06. The molecule has 0 spiro atoms. The number of benzene rings is 2. The maximum atomic E-state index is 10.7. The Morgan fingerprint density at radius 1 is 0.952 bits per heavy atom. The number of aryl methyl sites for hydroxylation is 1. The van der Waals surface area contributed by atoms with Crippen LogP contribution in [0.1, 0.15) is 23.6 Å². The summed E-state index contributed by atoms with van der Waals surface area (Å²) in [5, 5.41) is 8.76. The van der Waals surface area contributed by atoms with Gasteiger partial charge in [-0.3, -0.25) is 4.79 Å². The van der Waals surface area contributed by atoms with Gasteiger partial charge < -0.3 is 10.0 Å². The monoisotopic (exact) mass is 283 g/mol. The van der Waals surface area contributed by atoms with Crippen molar-refractivity contribution in [2.75, 3.05) is 11.9 Å². The van der Waals surface area contributed by atoms with Crippen LogP contribution in [0.15, 0.2) is 48.5 Å². The predicted octanol–water partition coefficient (Wildman–Crippen LogP) is 3.51. The Bertz CT molecular complexity index is 588. The summed E-state index contributed by atoms with van der Waals surface area (Å²) in [5.74, 6) is -0.795. The van der Waals surface area contributed by atoms with Gasteiger partial charge >= 0.3 is 5.97 Å². The molecule has 0 aliphatic heterocycles. The molecule has 0 fully saturated rings. The van der Waals surface area contributed by atoms with Gasteiger partial charge in [-0.1, -0.05) is 43.3 Å². The van der Waals surface area contributed by atoms with E-state index in [0.29, 0.717) is 0 Å². The number of rotatable bonds is 6. The number of carboxylic acid groups (broad SMARTS) is 1. The van der Waals surface area contributed by atoms with E-state index in [0.717, 1.165) is 18.5 Å². The quantitative estimate of drug-likeness (QED) is 0.882. The molecule has 0 aliphatic rings. The summed E-state index contributed by atoms with van der Waals surface area (Å²) >= 11 is 0. The third kappa shape index (κ3) is 4.35. The first-order chi connectivity index (χ1) is 10.1. The SMILES string of the molecule is CCc1ccc(N(C)Cc2ccc(CC(=O)O)cc2)cc1. The number of aliphatic carboxylic acids is 1. The number of hydrogen-bond donors (Lipinski definition) is 1. The molecule has 2 rings (SSSR count). The molecule has 1 N–H and O–H groups in total. The maximum absolute atomic E-state index is 10.7. The highest BCUT2D eigenvalue weighted by molar-refractivity contribution is 5.70. The van der Waals surface area contributed by atoms with Crippen molar-refractivity contribution >= 4 is 11.7 Å². The van der Waals surface area contributed by atoms with Crippen LogP contribution >= 0.6 is 0 Å². The van der Waals surface area contributed by atoms with Crippen LogP contribution in [0.25, 0.3) is 0 Å². The molecule has 0 aliphatic carbocycles. The van der Waals surface area contributed by atoms with Crippen molar-refractivity contribution in [1.29, 1.82) is 0 Å². The molecule has 0 radical (unpaired) electrons. The van der Waals surface area contributed by atoms with Gasteiger partial charge in [0.2, 0.25) is 0 Å². The summed E-state index contributed by atoms with van der Waals surface area (Å²) < 4.78 is 0. The van der Waals surface area contributed by atoms with Gasteiger partial charge in [0.25, 0.3) is 0 Å². The van der Waals surface area contributed by atoms with Crippen LogP contribution in [0.2, 0.25) is 0 Å². The van der Waals surface area contributed by atoms with E-state index >= 15 is 0 Å². The summed E-state index contributed by atoms with van der Waals surface area (Å²) in [6.45, 7) is 2.95. The molecule has 2 aromatic carbocycles. The zero-order valence-corrected chi connectivity index (χ0v) is 12.5. The third-order valence-electron chi connectivity index (χ3n) is 3.58. The number of carbonyl (C=O) groups is 1. The molecule has 0 atom stereocenters. The Balaban J connectivity index is 2.01. The molecule has 0 saturated heterocycles. The fraction of sp³-hybridized carbons (Fsp3) is 0.278. The fourth-order valence-corrected chi connectivity index (χ4v) is 2.29. The van der Waals surface area contributed by atoms with E-state index < -0.39 is 5.97 Å². The lowest BCUT2D eigenvalue weighted by atomic mass is 10.1. The van der Waals surface area contributed by atoms with Crippen molar-refractivity contribution in [1.82, 2.24) is 0 Å². The lowest BCUT2D eigenvalue weighted by Crippen LogP contribution is -2.16. The molecule has 0 saturated carbocycles. The van der Waals surface area contributed by atoms with E-state index in [1.54, 1.807) is 0 Å². The minimum atomic E-state index is -0.795. The standard InChI is InChI=1S/C18H21NO2/c1-3-14-8-10-17(11-9-14)19(2)13-16-6-4-15(5-7-16)12-18(20)21/h4-11H,3,12-13H2,1-2H3,(H,20,21). The molecule has 3 nitrogen and oxygen atoms in total. The molecule has 2 aromatic rings. The van der Waals surface area contributed by atoms with Crippen molar-refractivity contribution in [2.45, 2.75) is 26.3 Å². The van der Waals surface area contributed by atoms with E-state index in [2.05, 4.69) is 43.1 Å². The van der Waals surface area contributed by atoms with Gasteiger partial charge in [0.05, 0.1) is 6.42 Å². The first kappa shape index (κ1) is 15.1. The van der Waals surface area contributed by atoms with Crippen molar-refractivity contribution in [3.8, 4) is 0 Å². The van der Waals surface area contributed by atoms with Gasteiger partial charge in [0.1, 0.15) is 0 Å². The molecule has 110 valence electrons. The summed E-state index contributed by atoms with van der Waals surface area (Å²) in [5.41, 5.74) is 4.53. The van der Waals surface area contributed by atoms with Gasteiger partial charge in [-0.15, -0.1) is 0 Å². The van der Waals surface area contributed by atoms with E-state index in [-0.39, 0.29) is 6.42 Å². The number of anilines is 1. The van der Waals surface area contributed by atoms with Gasteiger partial charge in [-0.25, -0.2) is 0 Å². The number of carboxylic acids is 1. The largest absolute Gasteiger partial charge is 0.481 e. The van der Waals surface area contributed by atoms with Crippen LogP contribution in [0.4, 0.5) is 5.69 Å². The predicted molar refractivity (Wildman–Crippen MR) is 85.7 cm³/mol. The van der Waals surface area contributed by atoms with E-state index in [4.69, 9.17) is 5.11 Å². The topological polar surface area (TPSA) is 40.5 Å². The van der Waals surface area contributed by atoms with Crippen molar-refractivity contribution in [2.24, 2.45) is 0 Å². The lowest BCUT2D eigenvalue weighted by molar-refractivity contribution is -0.136. The molecule has 0 aromatic heterocycles. The Kier molecular flexibility index (Phi) is 4.99. The van der Waals surface area contributed by atoms with Crippen molar-refractivity contribution in [3.63, 3.8) is 0 Å². The van der Waals surface area contributed by atoms with Crippen molar-refractivity contribution < 1.29 is 9.90 Å². The highest BCUT2D eigenvalue weighted by atomic mass is 16.4. The molecular weight excluding hydrogens is 262 g/mol. The zero-order valence-electron chi connectivity index (χ0n) is 12.5. The zero-order chi connectivity index (χ0) is 15.2. The molecule has 0 amide bonds. The highest BCUT2D eigenvalue weighted by Crippen LogP contribution is 2.17. The summed E-state index contributed by atoms with van der Waals surface area (Å²) in [6, 6.07) is 16.3. The fourth-order valence-electron chi connectivity index (χ4n) is 2.29. The lowest BCUT2D eigenvalue weighted by Gasteiger charge is -2.20. The van der Waals surface area contributed by atoms with Crippen LogP contribution in [-0.4, -0.2) is 18.1 Å². The first-order valence-corrected chi connectivity index (χ1v) is 7.18. The van der Waals surface area contributed by atoms with Crippen molar-refractivity contribution in [3.05, 3.63) is 65.2 Å². The van der Waals surface area contributed by atoms with E-state index in [1.807, 2.05) is 24.3 Å². The average Bonchev–Trinajstić information content (AvgIpc) is 2.49. The number of hydrogen-bond acceptors (Lipinski definition) is 2. The first-order valence-electron chi connectivity index (χ1n) is 7.18. The number of nitrogens with zero attached hydrogens (tertiary/aromatic N) is 1. The van der Waals surface area contributed by atoms with Gasteiger partial charge in [-0.2, -0.15) is 0 Å². The molecule has 0 bridgehead atoms. The van der Waals surface area contributed by atoms with Gasteiger partial charge in [0.15, 0.2) is 0 Å². The molecule has 0 unspecified atom stereocenters. The van der Waals surface area contributed by atoms with Crippen LogP contribution in [-0.2, 0) is 24.2 Å². The van der Waals surface area contributed by atoms with Crippen LogP contribution in [0, 0.1) is 0 Å². The molecular formula is C18H21NO2. The van der Waals surface area contributed by atoms with Crippen LogP contribution in [0.5, 0.6) is 0 Å². The van der Waals surface area contributed by atoms with Gasteiger partial charge in [-0.05, 0) is 35.2 Å². The molecule has 3 heteroatoms. The minimum absolute atomic E-state index is 0.0780. The third-order valence-corrected chi connectivity index (χ3v) is 3.58. The second-order valence-corrected chi connectivity index (χ2v) is 5.26. The normalized spacial score (nSPS) is 10.4. The van der Waals surface area contributed by atoms with E-state index in [1.165, 1.54) is 16.8 Å². The van der Waals surface area contributed by atoms with Crippen LogP contribution in [0.3, 0.4) is 0 Å². The highest BCUT2D eigenvalue weighted by Gasteiger charge is 2.04. The van der Waals surface area contributed by atoms with E-state index in [9.17, 15) is 4.79 Å². The Morgan fingerprint density at radius 2 is 1.48 bits per heavy atom.